The van der Waals surface area contributed by atoms with Crippen LogP contribution in [0.3, 0.4) is 0 Å². The smallest absolute Gasteiger partial charge is 0.405 e. The quantitative estimate of drug-likeness (QED) is 0.200. The summed E-state index contributed by atoms with van der Waals surface area (Å²) in [5, 5.41) is 5.62. The molecule has 2 aromatic carbocycles. The summed E-state index contributed by atoms with van der Waals surface area (Å²) >= 11 is 0. The molecule has 1 saturated carbocycles. The lowest BCUT2D eigenvalue weighted by molar-refractivity contribution is -0.274. The number of anilines is 3. The number of piperidine rings is 1. The van der Waals surface area contributed by atoms with Crippen LogP contribution in [0.4, 0.5) is 30.4 Å². The fraction of sp³-hybridized carbons (Fsp3) is 0.459. The van der Waals surface area contributed by atoms with Crippen molar-refractivity contribution in [2.24, 2.45) is 0 Å². The van der Waals surface area contributed by atoms with Crippen molar-refractivity contribution in [1.82, 2.24) is 24.8 Å². The standard InChI is InChI=1S/C37H42F3N7O3/c1-21(2)46-20-42-29-19-28(44-33(32(29)46)43-23-10-12-31(50-37(38,39)40)26(16-23)34(48)41-5)22-9-11-27-30(15-22)47(35(49)36(27,3)4)25-17-24(18-25)45-13-7-6-8-14-45/h9-12,15-16,19-21,24-25H,6-8,13-14,17-18H2,1-5H3,(H,41,48)(H,43,44)/t24-,25+. The van der Waals surface area contributed by atoms with Crippen molar-refractivity contribution in [3.05, 3.63) is 59.9 Å². The van der Waals surface area contributed by atoms with Gasteiger partial charge in [0.25, 0.3) is 5.91 Å². The number of likely N-dealkylation sites (tertiary alicyclic amines) is 1. The van der Waals surface area contributed by atoms with Gasteiger partial charge in [-0.3, -0.25) is 9.59 Å². The first-order chi connectivity index (χ1) is 23.7. The lowest BCUT2D eigenvalue weighted by Crippen LogP contribution is -2.57. The molecule has 4 aromatic rings. The van der Waals surface area contributed by atoms with Gasteiger partial charge in [0.05, 0.1) is 28.5 Å². The molecule has 0 spiro atoms. The molecule has 2 N–H and O–H groups in total. The first-order valence-corrected chi connectivity index (χ1v) is 17.2. The van der Waals surface area contributed by atoms with E-state index in [0.717, 1.165) is 48.8 Å². The molecule has 10 nitrogen and oxygen atoms in total. The number of imidazole rings is 1. The summed E-state index contributed by atoms with van der Waals surface area (Å²) in [7, 11) is 1.33. The van der Waals surface area contributed by atoms with E-state index in [-0.39, 0.29) is 23.6 Å². The normalized spacial score (nSPS) is 20.6. The second-order valence-electron chi connectivity index (χ2n) is 14.3. The molecule has 264 valence electrons. The van der Waals surface area contributed by atoms with Crippen molar-refractivity contribution in [3.8, 4) is 17.0 Å². The number of ether oxygens (including phenoxy) is 1. The third-order valence-corrected chi connectivity index (χ3v) is 10.4. The Hall–Kier alpha value is -4.65. The predicted molar refractivity (Wildman–Crippen MR) is 186 cm³/mol. The molecule has 0 bridgehead atoms. The summed E-state index contributed by atoms with van der Waals surface area (Å²) in [5.41, 5.74) is 4.04. The maximum absolute atomic E-state index is 13.9. The zero-order chi connectivity index (χ0) is 35.5. The summed E-state index contributed by atoms with van der Waals surface area (Å²) in [6.07, 6.45) is 2.43. The van der Waals surface area contributed by atoms with Gasteiger partial charge in [-0.25, -0.2) is 9.97 Å². The molecule has 3 aliphatic rings. The van der Waals surface area contributed by atoms with Crippen LogP contribution in [-0.4, -0.2) is 69.8 Å². The van der Waals surface area contributed by atoms with Crippen LogP contribution in [0.25, 0.3) is 22.3 Å². The van der Waals surface area contributed by atoms with Crippen LogP contribution in [0.1, 0.15) is 81.8 Å². The first-order valence-electron chi connectivity index (χ1n) is 17.2. The molecule has 50 heavy (non-hydrogen) atoms. The topological polar surface area (TPSA) is 105 Å². The van der Waals surface area contributed by atoms with Crippen LogP contribution in [-0.2, 0) is 10.2 Å². The monoisotopic (exact) mass is 689 g/mol. The number of halogens is 3. The Balaban J connectivity index is 1.26. The molecule has 1 saturated heterocycles. The number of carbonyl (C=O) groups excluding carboxylic acids is 2. The highest BCUT2D eigenvalue weighted by molar-refractivity contribution is 6.09. The van der Waals surface area contributed by atoms with Crippen LogP contribution >= 0.6 is 0 Å². The fourth-order valence-electron chi connectivity index (χ4n) is 7.62. The Morgan fingerprint density at radius 1 is 1.02 bits per heavy atom. The fourth-order valence-corrected chi connectivity index (χ4v) is 7.62. The average molecular weight is 690 g/mol. The van der Waals surface area contributed by atoms with Crippen molar-refractivity contribution in [1.29, 1.82) is 0 Å². The molecule has 2 aromatic heterocycles. The Morgan fingerprint density at radius 3 is 2.44 bits per heavy atom. The van der Waals surface area contributed by atoms with Crippen molar-refractivity contribution in [2.75, 3.05) is 30.4 Å². The molecule has 0 atom stereocenters. The number of carbonyl (C=O) groups is 2. The Labute approximate surface area is 289 Å². The number of hydrogen-bond acceptors (Lipinski definition) is 7. The molecule has 0 radical (unpaired) electrons. The van der Waals surface area contributed by atoms with E-state index in [4.69, 9.17) is 4.98 Å². The van der Waals surface area contributed by atoms with E-state index in [2.05, 4.69) is 25.3 Å². The summed E-state index contributed by atoms with van der Waals surface area (Å²) in [5.74, 6) is -0.831. The molecule has 1 aliphatic carbocycles. The van der Waals surface area contributed by atoms with E-state index >= 15 is 0 Å². The van der Waals surface area contributed by atoms with Gasteiger partial charge < -0.3 is 29.7 Å². The predicted octanol–water partition coefficient (Wildman–Crippen LogP) is 7.32. The van der Waals surface area contributed by atoms with Crippen molar-refractivity contribution < 1.29 is 27.5 Å². The molecule has 0 unspecified atom stereocenters. The van der Waals surface area contributed by atoms with Crippen LogP contribution in [0, 0.1) is 0 Å². The summed E-state index contributed by atoms with van der Waals surface area (Å²) < 4.78 is 45.4. The zero-order valence-electron chi connectivity index (χ0n) is 28.9. The van der Waals surface area contributed by atoms with Crippen LogP contribution < -0.4 is 20.3 Å². The van der Waals surface area contributed by atoms with Gasteiger partial charge in [-0.15, -0.1) is 13.2 Å². The van der Waals surface area contributed by atoms with E-state index in [1.54, 1.807) is 6.33 Å². The summed E-state index contributed by atoms with van der Waals surface area (Å²) in [6, 6.07) is 12.4. The lowest BCUT2D eigenvalue weighted by atomic mass is 9.82. The Kier molecular flexibility index (Phi) is 8.52. The van der Waals surface area contributed by atoms with Gasteiger partial charge in [0.15, 0.2) is 5.82 Å². The average Bonchev–Trinajstić information content (AvgIpc) is 3.58. The maximum atomic E-state index is 13.9. The molecule has 2 aliphatic heterocycles. The number of rotatable bonds is 8. The third-order valence-electron chi connectivity index (χ3n) is 10.4. The van der Waals surface area contributed by atoms with E-state index in [9.17, 15) is 22.8 Å². The molecule has 2 amide bonds. The first kappa shape index (κ1) is 33.8. The van der Waals surface area contributed by atoms with Crippen molar-refractivity contribution in [2.45, 2.75) is 89.7 Å². The molecule has 13 heteroatoms. The van der Waals surface area contributed by atoms with Crippen molar-refractivity contribution in [3.63, 3.8) is 0 Å². The molecule has 4 heterocycles. The van der Waals surface area contributed by atoms with E-state index in [1.165, 1.54) is 38.4 Å². The largest absolute Gasteiger partial charge is 0.573 e. The number of pyridine rings is 1. The Morgan fingerprint density at radius 2 is 1.76 bits per heavy atom. The summed E-state index contributed by atoms with van der Waals surface area (Å²) in [6.45, 7) is 10.3. The SMILES string of the molecule is CNC(=O)c1cc(Nc2nc(-c3ccc4c(c3)N([C@H]3C[C@@H](N5CCCCC5)C3)C(=O)C4(C)C)cc3ncn(C(C)C)c23)ccc1OC(F)(F)F. The lowest BCUT2D eigenvalue weighted by Gasteiger charge is -2.48. The van der Waals surface area contributed by atoms with Crippen molar-refractivity contribution >= 4 is 40.0 Å². The van der Waals surface area contributed by atoms with Gasteiger partial charge in [-0.1, -0.05) is 18.6 Å². The Bertz CT molecular complexity index is 1960. The summed E-state index contributed by atoms with van der Waals surface area (Å²) in [4.78, 5) is 40.8. The number of nitrogens with one attached hydrogen (secondary N) is 2. The van der Waals surface area contributed by atoms with Crippen LogP contribution in [0.2, 0.25) is 0 Å². The minimum Gasteiger partial charge on any atom is -0.405 e. The van der Waals surface area contributed by atoms with Gasteiger partial charge in [0.2, 0.25) is 5.91 Å². The number of nitrogens with zero attached hydrogens (tertiary/aromatic N) is 5. The van der Waals surface area contributed by atoms with E-state index in [1.807, 2.05) is 61.4 Å². The molecule has 7 rings (SSSR count). The maximum Gasteiger partial charge on any atom is 0.573 e. The minimum atomic E-state index is -4.97. The van der Waals surface area contributed by atoms with Gasteiger partial charge in [-0.2, -0.15) is 0 Å². The second kappa shape index (κ2) is 12.6. The highest BCUT2D eigenvalue weighted by Gasteiger charge is 2.50. The number of aromatic nitrogens is 3. The molecular formula is C37H42F3N7O3. The number of benzene rings is 2. The zero-order valence-corrected chi connectivity index (χ0v) is 28.9. The van der Waals surface area contributed by atoms with Gasteiger partial charge in [0.1, 0.15) is 11.3 Å². The number of hydrogen-bond donors (Lipinski definition) is 2. The van der Waals surface area contributed by atoms with Crippen LogP contribution in [0.15, 0.2) is 48.8 Å². The highest BCUT2D eigenvalue weighted by atomic mass is 19.4. The second-order valence-corrected chi connectivity index (χ2v) is 14.3. The highest BCUT2D eigenvalue weighted by Crippen LogP contribution is 2.48. The third kappa shape index (κ3) is 6.05. The molecule has 2 fully saturated rings. The van der Waals surface area contributed by atoms with Crippen LogP contribution in [0.5, 0.6) is 5.75 Å². The van der Waals surface area contributed by atoms with Gasteiger partial charge >= 0.3 is 6.36 Å². The number of amides is 2. The van der Waals surface area contributed by atoms with E-state index in [0.29, 0.717) is 34.3 Å². The number of alkyl halides is 3. The van der Waals surface area contributed by atoms with Gasteiger partial charge in [-0.05, 0) is 102 Å². The van der Waals surface area contributed by atoms with Gasteiger partial charge in [0, 0.05) is 42.1 Å². The molecular weight excluding hydrogens is 647 g/mol. The minimum absolute atomic E-state index is 0.0234. The number of fused-ring (bicyclic) bond motifs is 2. The van der Waals surface area contributed by atoms with E-state index < -0.39 is 23.4 Å².